The number of benzene rings is 1. The van der Waals surface area contributed by atoms with Crippen LogP contribution in [0, 0.1) is 12.8 Å². The zero-order valence-electron chi connectivity index (χ0n) is 13.1. The Kier molecular flexibility index (Phi) is 7.51. The summed E-state index contributed by atoms with van der Waals surface area (Å²) in [6.07, 6.45) is 0. The summed E-state index contributed by atoms with van der Waals surface area (Å²) in [7, 11) is 0. The smallest absolute Gasteiger partial charge is 0.226 e. The Bertz CT molecular complexity index is 613. The average Bonchev–Trinajstić information content (AvgIpc) is 2.85. The molecule has 0 aliphatic rings. The van der Waals surface area contributed by atoms with Crippen LogP contribution in [0.2, 0.25) is 0 Å². The molecule has 0 radical (unpaired) electrons. The first-order valence-corrected chi connectivity index (χ1v) is 7.94. The summed E-state index contributed by atoms with van der Waals surface area (Å²) in [5, 5.41) is 9.44. The third-order valence-corrected chi connectivity index (χ3v) is 3.84. The van der Waals surface area contributed by atoms with Crippen molar-refractivity contribution in [2.75, 3.05) is 5.32 Å². The number of thiazole rings is 1. The molecular formula is C16H22ClN3OS. The molecule has 0 saturated carbocycles. The molecule has 0 atom stereocenters. The normalized spacial score (nSPS) is 10.4. The van der Waals surface area contributed by atoms with Gasteiger partial charge < -0.3 is 10.6 Å². The molecule has 0 spiro atoms. The van der Waals surface area contributed by atoms with Crippen LogP contribution in [0.1, 0.15) is 30.1 Å². The summed E-state index contributed by atoms with van der Waals surface area (Å²) in [5.41, 5.74) is 3.06. The van der Waals surface area contributed by atoms with E-state index in [9.17, 15) is 4.79 Å². The summed E-state index contributed by atoms with van der Waals surface area (Å²) in [4.78, 5) is 16.1. The van der Waals surface area contributed by atoms with Crippen LogP contribution in [0.25, 0.3) is 0 Å². The van der Waals surface area contributed by atoms with E-state index in [0.717, 1.165) is 35.0 Å². The average molecular weight is 340 g/mol. The minimum absolute atomic E-state index is 0. The number of hydrogen-bond acceptors (Lipinski definition) is 4. The monoisotopic (exact) mass is 339 g/mol. The quantitative estimate of drug-likeness (QED) is 0.842. The summed E-state index contributed by atoms with van der Waals surface area (Å²) >= 11 is 1.66. The molecule has 2 rings (SSSR count). The molecule has 2 N–H and O–H groups in total. The van der Waals surface area contributed by atoms with Crippen molar-refractivity contribution in [1.29, 1.82) is 0 Å². The number of halogens is 1. The Labute approximate surface area is 141 Å². The van der Waals surface area contributed by atoms with E-state index in [0.29, 0.717) is 0 Å². The molecule has 1 aromatic heterocycles. The van der Waals surface area contributed by atoms with Crippen LogP contribution in [0.15, 0.2) is 29.6 Å². The van der Waals surface area contributed by atoms with Crippen molar-refractivity contribution in [3.63, 3.8) is 0 Å². The van der Waals surface area contributed by atoms with Crippen LogP contribution in [0.4, 0.5) is 5.69 Å². The van der Waals surface area contributed by atoms with Gasteiger partial charge in [0.05, 0.1) is 10.7 Å². The van der Waals surface area contributed by atoms with Gasteiger partial charge >= 0.3 is 0 Å². The fourth-order valence-corrected chi connectivity index (χ4v) is 2.48. The maximum Gasteiger partial charge on any atom is 0.226 e. The Hall–Kier alpha value is -1.43. The number of anilines is 1. The lowest BCUT2D eigenvalue weighted by Gasteiger charge is -2.09. The van der Waals surface area contributed by atoms with Gasteiger partial charge in [0.15, 0.2) is 0 Å². The molecule has 0 fully saturated rings. The number of rotatable bonds is 6. The van der Waals surface area contributed by atoms with Crippen molar-refractivity contribution < 1.29 is 4.79 Å². The maximum atomic E-state index is 11.7. The molecule has 22 heavy (non-hydrogen) atoms. The lowest BCUT2D eigenvalue weighted by atomic mass is 10.1. The van der Waals surface area contributed by atoms with Crippen molar-refractivity contribution >= 4 is 35.3 Å². The fourth-order valence-electron chi connectivity index (χ4n) is 1.87. The van der Waals surface area contributed by atoms with E-state index in [1.165, 1.54) is 0 Å². The topological polar surface area (TPSA) is 54.0 Å². The number of nitrogens with zero attached hydrogens (tertiary/aromatic N) is 1. The zero-order chi connectivity index (χ0) is 15.2. The summed E-state index contributed by atoms with van der Waals surface area (Å²) in [5.74, 6) is 0.0257. The number of amides is 1. The predicted octanol–water partition coefficient (Wildman–Crippen LogP) is 3.76. The summed E-state index contributed by atoms with van der Waals surface area (Å²) < 4.78 is 0. The van der Waals surface area contributed by atoms with Gasteiger partial charge in [-0.2, -0.15) is 0 Å². The Morgan fingerprint density at radius 3 is 2.73 bits per heavy atom. The lowest BCUT2D eigenvalue weighted by Crippen LogP contribution is -2.18. The van der Waals surface area contributed by atoms with E-state index >= 15 is 0 Å². The number of aryl methyl sites for hydroxylation is 1. The standard InChI is InChI=1S/C16H21N3OS.ClH/c1-11(2)16(20)19-14-6-4-5-13(7-14)8-17-9-15-10-21-12(3)18-15;/h4-7,10-11,17H,8-9H2,1-3H3,(H,19,20);1H. The molecule has 4 nitrogen and oxygen atoms in total. The second-order valence-electron chi connectivity index (χ2n) is 5.31. The van der Waals surface area contributed by atoms with Gasteiger partial charge in [-0.05, 0) is 24.6 Å². The van der Waals surface area contributed by atoms with E-state index in [2.05, 4.69) is 21.0 Å². The van der Waals surface area contributed by atoms with E-state index in [1.807, 2.05) is 45.0 Å². The van der Waals surface area contributed by atoms with Crippen molar-refractivity contribution in [2.24, 2.45) is 5.92 Å². The minimum Gasteiger partial charge on any atom is -0.326 e. The number of nitrogens with one attached hydrogen (secondary N) is 2. The van der Waals surface area contributed by atoms with Crippen molar-refractivity contribution in [1.82, 2.24) is 10.3 Å². The fraction of sp³-hybridized carbons (Fsp3) is 0.375. The molecule has 0 unspecified atom stereocenters. The largest absolute Gasteiger partial charge is 0.326 e. The molecule has 1 amide bonds. The Balaban J connectivity index is 0.00000242. The zero-order valence-corrected chi connectivity index (χ0v) is 14.7. The first kappa shape index (κ1) is 18.6. The van der Waals surface area contributed by atoms with Gasteiger partial charge in [0.25, 0.3) is 0 Å². The van der Waals surface area contributed by atoms with E-state index in [4.69, 9.17) is 0 Å². The van der Waals surface area contributed by atoms with Crippen molar-refractivity contribution in [3.8, 4) is 0 Å². The van der Waals surface area contributed by atoms with Gasteiger partial charge in [0.1, 0.15) is 0 Å². The van der Waals surface area contributed by atoms with Gasteiger partial charge in [0.2, 0.25) is 5.91 Å². The SMILES string of the molecule is Cc1nc(CNCc2cccc(NC(=O)C(C)C)c2)cs1.Cl. The molecule has 0 saturated heterocycles. The molecule has 120 valence electrons. The van der Waals surface area contributed by atoms with E-state index in [-0.39, 0.29) is 24.2 Å². The van der Waals surface area contributed by atoms with Gasteiger partial charge in [-0.25, -0.2) is 4.98 Å². The lowest BCUT2D eigenvalue weighted by molar-refractivity contribution is -0.118. The third-order valence-electron chi connectivity index (χ3n) is 3.02. The highest BCUT2D eigenvalue weighted by Gasteiger charge is 2.07. The first-order chi connectivity index (χ1) is 10.0. The second kappa shape index (κ2) is 8.88. The molecule has 1 heterocycles. The van der Waals surface area contributed by atoms with Gasteiger partial charge in [-0.1, -0.05) is 26.0 Å². The molecule has 1 aromatic carbocycles. The molecule has 2 aromatic rings. The van der Waals surface area contributed by atoms with E-state index < -0.39 is 0 Å². The molecule has 6 heteroatoms. The Morgan fingerprint density at radius 2 is 2.09 bits per heavy atom. The van der Waals surface area contributed by atoms with Crippen LogP contribution < -0.4 is 10.6 Å². The van der Waals surface area contributed by atoms with Crippen LogP contribution >= 0.6 is 23.7 Å². The minimum atomic E-state index is -0.0142. The van der Waals surface area contributed by atoms with Crippen molar-refractivity contribution in [2.45, 2.75) is 33.9 Å². The highest BCUT2D eigenvalue weighted by molar-refractivity contribution is 7.09. The number of carbonyl (C=O) groups excluding carboxylic acids is 1. The van der Waals surface area contributed by atoms with Gasteiger partial charge in [-0.15, -0.1) is 23.7 Å². The molecule has 0 aliphatic heterocycles. The third kappa shape index (κ3) is 5.75. The van der Waals surface area contributed by atoms with Gasteiger partial charge in [-0.3, -0.25) is 4.79 Å². The summed E-state index contributed by atoms with van der Waals surface area (Å²) in [6, 6.07) is 7.91. The predicted molar refractivity (Wildman–Crippen MR) is 94.6 cm³/mol. The van der Waals surface area contributed by atoms with Crippen molar-refractivity contribution in [3.05, 3.63) is 45.9 Å². The number of aromatic nitrogens is 1. The Morgan fingerprint density at radius 1 is 1.32 bits per heavy atom. The first-order valence-electron chi connectivity index (χ1n) is 7.06. The van der Waals surface area contributed by atoms with Crippen LogP contribution in [-0.2, 0) is 17.9 Å². The van der Waals surface area contributed by atoms with Gasteiger partial charge in [0, 0.05) is 30.1 Å². The molecule has 0 aliphatic carbocycles. The maximum absolute atomic E-state index is 11.7. The highest BCUT2D eigenvalue weighted by atomic mass is 35.5. The van der Waals surface area contributed by atoms with Crippen LogP contribution in [-0.4, -0.2) is 10.9 Å². The van der Waals surface area contributed by atoms with Crippen LogP contribution in [0.5, 0.6) is 0 Å². The molecule has 0 bridgehead atoms. The van der Waals surface area contributed by atoms with E-state index in [1.54, 1.807) is 11.3 Å². The summed E-state index contributed by atoms with van der Waals surface area (Å²) in [6.45, 7) is 7.29. The number of hydrogen-bond donors (Lipinski definition) is 2. The number of carbonyl (C=O) groups is 1. The molecular weight excluding hydrogens is 318 g/mol. The highest BCUT2D eigenvalue weighted by Crippen LogP contribution is 2.12. The van der Waals surface area contributed by atoms with Crippen LogP contribution in [0.3, 0.4) is 0 Å². The second-order valence-corrected chi connectivity index (χ2v) is 6.37.